The molecule has 0 spiro atoms. The quantitative estimate of drug-likeness (QED) is 0.644. The third-order valence-corrected chi connectivity index (χ3v) is 3.66. The molecule has 0 saturated heterocycles. The lowest BCUT2D eigenvalue weighted by Crippen LogP contribution is -2.14. The molecule has 3 aromatic rings. The fourth-order valence-corrected chi connectivity index (χ4v) is 2.38. The van der Waals surface area contributed by atoms with Crippen LogP contribution < -0.4 is 10.6 Å². The minimum Gasteiger partial charge on any atom is -0.339 e. The second-order valence-electron chi connectivity index (χ2n) is 5.45. The summed E-state index contributed by atoms with van der Waals surface area (Å²) in [6.45, 7) is 0. The lowest BCUT2D eigenvalue weighted by molar-refractivity contribution is -0.137. The summed E-state index contributed by atoms with van der Waals surface area (Å²) in [5.74, 6) is -0.288. The molecule has 138 valence electrons. The van der Waals surface area contributed by atoms with Crippen LogP contribution in [0, 0.1) is 0 Å². The molecule has 0 aliphatic carbocycles. The van der Waals surface area contributed by atoms with Gasteiger partial charge in [-0.15, -0.1) is 0 Å². The van der Waals surface area contributed by atoms with E-state index in [0.29, 0.717) is 10.7 Å². The first kappa shape index (κ1) is 18.7. The van der Waals surface area contributed by atoms with E-state index in [1.54, 1.807) is 24.3 Å². The lowest BCUT2D eigenvalue weighted by Gasteiger charge is -2.10. The summed E-state index contributed by atoms with van der Waals surface area (Å²) in [7, 11) is 0. The van der Waals surface area contributed by atoms with Gasteiger partial charge in [0.2, 0.25) is 0 Å². The number of alkyl halides is 3. The van der Waals surface area contributed by atoms with Crippen molar-refractivity contribution in [3.8, 4) is 0 Å². The average Bonchev–Trinajstić information content (AvgIpc) is 2.62. The van der Waals surface area contributed by atoms with Crippen molar-refractivity contribution in [2.75, 3.05) is 10.6 Å². The Kier molecular flexibility index (Phi) is 5.27. The highest BCUT2D eigenvalue weighted by Crippen LogP contribution is 2.31. The normalized spacial score (nSPS) is 11.1. The second kappa shape index (κ2) is 7.63. The molecule has 0 fully saturated rings. The van der Waals surface area contributed by atoms with Gasteiger partial charge < -0.3 is 10.6 Å². The second-order valence-corrected chi connectivity index (χ2v) is 5.89. The number of amides is 1. The largest absolute Gasteiger partial charge is 0.416 e. The zero-order chi connectivity index (χ0) is 19.4. The van der Waals surface area contributed by atoms with E-state index in [-0.39, 0.29) is 17.2 Å². The zero-order valence-corrected chi connectivity index (χ0v) is 14.3. The molecule has 0 bridgehead atoms. The third kappa shape index (κ3) is 4.95. The predicted molar refractivity (Wildman–Crippen MR) is 96.2 cm³/mol. The molecule has 5 nitrogen and oxygen atoms in total. The number of aromatic nitrogens is 2. The molecule has 0 unspecified atom stereocenters. The van der Waals surface area contributed by atoms with Gasteiger partial charge in [-0.25, -0.2) is 9.97 Å². The van der Waals surface area contributed by atoms with E-state index in [1.807, 2.05) is 0 Å². The monoisotopic (exact) mass is 392 g/mol. The molecule has 0 aliphatic heterocycles. The molecule has 1 heterocycles. The Bertz CT molecular complexity index is 961. The summed E-state index contributed by atoms with van der Waals surface area (Å²) < 4.78 is 38.2. The molecular weight excluding hydrogens is 381 g/mol. The highest BCUT2D eigenvalue weighted by atomic mass is 35.5. The molecule has 2 N–H and O–H groups in total. The molecule has 3 rings (SSSR count). The SMILES string of the molecule is O=C(Nc1cccc(Cl)c1)c1cnc(Nc2cccc(C(F)(F)F)c2)cn1. The van der Waals surface area contributed by atoms with Gasteiger partial charge in [-0.3, -0.25) is 4.79 Å². The number of anilines is 3. The molecule has 9 heteroatoms. The van der Waals surface area contributed by atoms with Crippen LogP contribution >= 0.6 is 11.6 Å². The van der Waals surface area contributed by atoms with Crippen molar-refractivity contribution in [2.24, 2.45) is 0 Å². The van der Waals surface area contributed by atoms with Crippen LogP contribution in [-0.4, -0.2) is 15.9 Å². The van der Waals surface area contributed by atoms with E-state index in [1.165, 1.54) is 24.5 Å². The Morgan fingerprint density at radius 1 is 0.963 bits per heavy atom. The highest BCUT2D eigenvalue weighted by Gasteiger charge is 2.30. The van der Waals surface area contributed by atoms with E-state index in [2.05, 4.69) is 20.6 Å². The van der Waals surface area contributed by atoms with E-state index >= 15 is 0 Å². The standard InChI is InChI=1S/C18H12ClF3N4O/c19-12-4-2-6-14(8-12)26-17(27)15-9-24-16(10-23-15)25-13-5-1-3-11(7-13)18(20,21)22/h1-10H,(H,24,25)(H,26,27). The van der Waals surface area contributed by atoms with E-state index in [4.69, 9.17) is 11.6 Å². The minimum absolute atomic E-state index is 0.0459. The predicted octanol–water partition coefficient (Wildman–Crippen LogP) is 5.14. The molecule has 0 aliphatic rings. The van der Waals surface area contributed by atoms with Crippen LogP contribution in [0.1, 0.15) is 16.1 Å². The molecule has 2 aromatic carbocycles. The van der Waals surface area contributed by atoms with Crippen molar-refractivity contribution in [3.05, 3.63) is 77.2 Å². The van der Waals surface area contributed by atoms with Crippen LogP contribution in [0.4, 0.5) is 30.4 Å². The maximum Gasteiger partial charge on any atom is 0.416 e. The highest BCUT2D eigenvalue weighted by molar-refractivity contribution is 6.30. The van der Waals surface area contributed by atoms with Gasteiger partial charge >= 0.3 is 6.18 Å². The number of carbonyl (C=O) groups excluding carboxylic acids is 1. The van der Waals surface area contributed by atoms with Crippen molar-refractivity contribution < 1.29 is 18.0 Å². The number of rotatable bonds is 4. The minimum atomic E-state index is -4.44. The first-order chi connectivity index (χ1) is 12.8. The smallest absolute Gasteiger partial charge is 0.339 e. The van der Waals surface area contributed by atoms with Crippen LogP contribution in [-0.2, 0) is 6.18 Å². The Hall–Kier alpha value is -3.13. The summed E-state index contributed by atoms with van der Waals surface area (Å²) in [6.07, 6.45) is -1.96. The summed E-state index contributed by atoms with van der Waals surface area (Å²) in [5, 5.41) is 5.81. The Labute approximate surface area is 157 Å². The fraction of sp³-hybridized carbons (Fsp3) is 0.0556. The van der Waals surface area contributed by atoms with Gasteiger partial charge in [-0.05, 0) is 36.4 Å². The van der Waals surface area contributed by atoms with E-state index in [0.717, 1.165) is 12.1 Å². The lowest BCUT2D eigenvalue weighted by atomic mass is 10.2. The number of nitrogens with one attached hydrogen (secondary N) is 2. The Morgan fingerprint density at radius 2 is 1.70 bits per heavy atom. The number of hydrogen-bond donors (Lipinski definition) is 2. The van der Waals surface area contributed by atoms with Crippen molar-refractivity contribution in [1.29, 1.82) is 0 Å². The van der Waals surface area contributed by atoms with Gasteiger partial charge in [-0.2, -0.15) is 13.2 Å². The summed E-state index contributed by atoms with van der Waals surface area (Å²) in [6, 6.07) is 11.3. The summed E-state index contributed by atoms with van der Waals surface area (Å²) in [4.78, 5) is 20.1. The number of hydrogen-bond acceptors (Lipinski definition) is 4. The van der Waals surface area contributed by atoms with Gasteiger partial charge in [0.05, 0.1) is 18.0 Å². The summed E-state index contributed by atoms with van der Waals surface area (Å²) in [5.41, 5.74) is -0.0294. The van der Waals surface area contributed by atoms with Gasteiger partial charge in [0, 0.05) is 16.4 Å². The van der Waals surface area contributed by atoms with E-state index < -0.39 is 17.6 Å². The number of halogens is 4. The molecule has 0 saturated carbocycles. The van der Waals surface area contributed by atoms with Gasteiger partial charge in [0.25, 0.3) is 5.91 Å². The van der Waals surface area contributed by atoms with Crippen LogP contribution in [0.5, 0.6) is 0 Å². The van der Waals surface area contributed by atoms with E-state index in [9.17, 15) is 18.0 Å². The van der Waals surface area contributed by atoms with Crippen molar-refractivity contribution in [1.82, 2.24) is 9.97 Å². The number of benzene rings is 2. The third-order valence-electron chi connectivity index (χ3n) is 3.43. The molecule has 0 radical (unpaired) electrons. The van der Waals surface area contributed by atoms with Crippen molar-refractivity contribution in [2.45, 2.75) is 6.18 Å². The van der Waals surface area contributed by atoms with Gasteiger partial charge in [0.15, 0.2) is 0 Å². The molecule has 27 heavy (non-hydrogen) atoms. The van der Waals surface area contributed by atoms with Gasteiger partial charge in [0.1, 0.15) is 11.5 Å². The van der Waals surface area contributed by atoms with Crippen molar-refractivity contribution >= 4 is 34.7 Å². The van der Waals surface area contributed by atoms with Crippen LogP contribution in [0.3, 0.4) is 0 Å². The van der Waals surface area contributed by atoms with Crippen molar-refractivity contribution in [3.63, 3.8) is 0 Å². The zero-order valence-electron chi connectivity index (χ0n) is 13.6. The fourth-order valence-electron chi connectivity index (χ4n) is 2.19. The van der Waals surface area contributed by atoms with Crippen LogP contribution in [0.2, 0.25) is 5.02 Å². The number of carbonyl (C=O) groups is 1. The topological polar surface area (TPSA) is 66.9 Å². The maximum atomic E-state index is 12.7. The molecular formula is C18H12ClF3N4O. The molecule has 1 amide bonds. The van der Waals surface area contributed by atoms with Crippen LogP contribution in [0.25, 0.3) is 0 Å². The number of nitrogens with zero attached hydrogens (tertiary/aromatic N) is 2. The first-order valence-corrected chi connectivity index (χ1v) is 8.02. The van der Waals surface area contributed by atoms with Gasteiger partial charge in [-0.1, -0.05) is 23.7 Å². The average molecular weight is 393 g/mol. The molecule has 0 atom stereocenters. The van der Waals surface area contributed by atoms with Crippen LogP contribution in [0.15, 0.2) is 60.9 Å². The maximum absolute atomic E-state index is 12.7. The Morgan fingerprint density at radius 3 is 2.37 bits per heavy atom. The Balaban J connectivity index is 1.69. The first-order valence-electron chi connectivity index (χ1n) is 7.64. The summed E-state index contributed by atoms with van der Waals surface area (Å²) >= 11 is 5.85. The molecule has 1 aromatic heterocycles.